The minimum Gasteiger partial charge on any atom is -0.338 e. The van der Waals surface area contributed by atoms with E-state index in [1.807, 2.05) is 4.90 Å². The maximum Gasteiger partial charge on any atom is 0.317 e. The highest BCUT2D eigenvalue weighted by Crippen LogP contribution is 2.37. The summed E-state index contributed by atoms with van der Waals surface area (Å²) < 4.78 is 0. The zero-order valence-electron chi connectivity index (χ0n) is 9.51. The molecule has 4 heteroatoms. The maximum absolute atomic E-state index is 11.8. The molecule has 2 fully saturated rings. The fraction of sp³-hybridized carbons (Fsp3) is 0.909. The second-order valence-corrected chi connectivity index (χ2v) is 4.71. The normalized spacial score (nSPS) is 23.7. The third-order valence-electron chi connectivity index (χ3n) is 3.27. The number of nitrogens with one attached hydrogen (secondary N) is 2. The molecule has 2 aliphatic rings. The Morgan fingerprint density at radius 1 is 1.53 bits per heavy atom. The predicted molar refractivity (Wildman–Crippen MR) is 59.8 cm³/mol. The standard InChI is InChI=1S/C11H21N3O/c1-2-6-12-10(15)14-8-3-7-13-11(9-14)4-5-11/h13H,2-9H2,1H3,(H,12,15). The maximum atomic E-state index is 11.8. The van der Waals surface area contributed by atoms with Gasteiger partial charge in [-0.1, -0.05) is 6.92 Å². The Hall–Kier alpha value is -0.770. The van der Waals surface area contributed by atoms with Crippen LogP contribution < -0.4 is 10.6 Å². The SMILES string of the molecule is CCCNC(=O)N1CCCNC2(CC2)C1. The van der Waals surface area contributed by atoms with Crippen LogP contribution >= 0.6 is 0 Å². The topological polar surface area (TPSA) is 44.4 Å². The quantitative estimate of drug-likeness (QED) is 0.714. The van der Waals surface area contributed by atoms with Crippen molar-refractivity contribution in [1.29, 1.82) is 0 Å². The van der Waals surface area contributed by atoms with Gasteiger partial charge in [-0.2, -0.15) is 0 Å². The van der Waals surface area contributed by atoms with Crippen LogP contribution in [0.2, 0.25) is 0 Å². The average molecular weight is 211 g/mol. The number of hydrogen-bond acceptors (Lipinski definition) is 2. The van der Waals surface area contributed by atoms with Crippen LogP contribution in [0.4, 0.5) is 4.79 Å². The minimum absolute atomic E-state index is 0.117. The Bertz CT molecular complexity index is 238. The molecule has 2 amide bonds. The van der Waals surface area contributed by atoms with Gasteiger partial charge in [-0.05, 0) is 32.2 Å². The van der Waals surface area contributed by atoms with Gasteiger partial charge in [0, 0.05) is 25.2 Å². The Balaban J connectivity index is 1.86. The number of rotatable bonds is 2. The van der Waals surface area contributed by atoms with Crippen molar-refractivity contribution in [3.63, 3.8) is 0 Å². The molecular weight excluding hydrogens is 190 g/mol. The van der Waals surface area contributed by atoms with E-state index in [-0.39, 0.29) is 11.6 Å². The van der Waals surface area contributed by atoms with Gasteiger partial charge in [0.2, 0.25) is 0 Å². The van der Waals surface area contributed by atoms with Gasteiger partial charge in [0.25, 0.3) is 0 Å². The van der Waals surface area contributed by atoms with Crippen molar-refractivity contribution in [2.75, 3.05) is 26.2 Å². The van der Waals surface area contributed by atoms with Gasteiger partial charge in [0.15, 0.2) is 0 Å². The molecule has 0 bridgehead atoms. The molecule has 0 aromatic carbocycles. The number of carbonyl (C=O) groups is 1. The summed E-state index contributed by atoms with van der Waals surface area (Å²) in [6.45, 7) is 5.70. The lowest BCUT2D eigenvalue weighted by Crippen LogP contribution is -2.46. The van der Waals surface area contributed by atoms with Crippen LogP contribution in [0.3, 0.4) is 0 Å². The van der Waals surface area contributed by atoms with E-state index < -0.39 is 0 Å². The number of urea groups is 1. The third kappa shape index (κ3) is 2.62. The van der Waals surface area contributed by atoms with Crippen molar-refractivity contribution in [3.05, 3.63) is 0 Å². The third-order valence-corrected chi connectivity index (χ3v) is 3.27. The molecule has 0 radical (unpaired) electrons. The molecule has 1 saturated carbocycles. The molecule has 1 heterocycles. The van der Waals surface area contributed by atoms with Crippen molar-refractivity contribution >= 4 is 6.03 Å². The lowest BCUT2D eigenvalue weighted by atomic mass is 10.2. The Labute approximate surface area is 91.4 Å². The largest absolute Gasteiger partial charge is 0.338 e. The average Bonchev–Trinajstić information content (AvgIpc) is 3.03. The van der Waals surface area contributed by atoms with Crippen molar-refractivity contribution in [2.45, 2.75) is 38.1 Å². The minimum atomic E-state index is 0.117. The molecule has 15 heavy (non-hydrogen) atoms. The van der Waals surface area contributed by atoms with Gasteiger partial charge in [-0.25, -0.2) is 4.79 Å². The van der Waals surface area contributed by atoms with Crippen LogP contribution in [-0.2, 0) is 0 Å². The Morgan fingerprint density at radius 2 is 2.33 bits per heavy atom. The highest BCUT2D eigenvalue weighted by Gasteiger charge is 2.45. The van der Waals surface area contributed by atoms with Crippen molar-refractivity contribution < 1.29 is 4.79 Å². The molecular formula is C11H21N3O. The molecule has 1 aliphatic heterocycles. The summed E-state index contributed by atoms with van der Waals surface area (Å²) in [5.74, 6) is 0. The second-order valence-electron chi connectivity index (χ2n) is 4.71. The molecule has 4 nitrogen and oxygen atoms in total. The molecule has 1 aliphatic carbocycles. The Kier molecular flexibility index (Phi) is 3.14. The number of hydrogen-bond donors (Lipinski definition) is 2. The molecule has 2 rings (SSSR count). The number of amides is 2. The van der Waals surface area contributed by atoms with Gasteiger partial charge in [-0.3, -0.25) is 0 Å². The second kappa shape index (κ2) is 4.39. The fourth-order valence-electron chi connectivity index (χ4n) is 2.13. The van der Waals surface area contributed by atoms with Crippen molar-refractivity contribution in [2.24, 2.45) is 0 Å². The van der Waals surface area contributed by atoms with Crippen LogP contribution in [0.15, 0.2) is 0 Å². The van der Waals surface area contributed by atoms with E-state index >= 15 is 0 Å². The van der Waals surface area contributed by atoms with E-state index in [9.17, 15) is 4.79 Å². The fourth-order valence-corrected chi connectivity index (χ4v) is 2.13. The summed E-state index contributed by atoms with van der Waals surface area (Å²) >= 11 is 0. The first kappa shape index (κ1) is 10.7. The van der Waals surface area contributed by atoms with Gasteiger partial charge < -0.3 is 15.5 Å². The smallest absolute Gasteiger partial charge is 0.317 e. The summed E-state index contributed by atoms with van der Waals surface area (Å²) in [5, 5.41) is 6.51. The van der Waals surface area contributed by atoms with E-state index in [4.69, 9.17) is 0 Å². The van der Waals surface area contributed by atoms with Gasteiger partial charge >= 0.3 is 6.03 Å². The van der Waals surface area contributed by atoms with E-state index in [1.54, 1.807) is 0 Å². The van der Waals surface area contributed by atoms with Crippen molar-refractivity contribution in [1.82, 2.24) is 15.5 Å². The van der Waals surface area contributed by atoms with Gasteiger partial charge in [0.1, 0.15) is 0 Å². The molecule has 0 aromatic heterocycles. The molecule has 86 valence electrons. The first-order valence-corrected chi connectivity index (χ1v) is 6.04. The van der Waals surface area contributed by atoms with E-state index in [1.165, 1.54) is 12.8 Å². The monoisotopic (exact) mass is 211 g/mol. The summed E-state index contributed by atoms with van der Waals surface area (Å²) in [7, 11) is 0. The van der Waals surface area contributed by atoms with Crippen LogP contribution in [0.5, 0.6) is 0 Å². The molecule has 1 spiro atoms. The zero-order valence-corrected chi connectivity index (χ0v) is 9.51. The summed E-state index contributed by atoms with van der Waals surface area (Å²) in [5.41, 5.74) is 0.278. The van der Waals surface area contributed by atoms with Gasteiger partial charge in [-0.15, -0.1) is 0 Å². The summed E-state index contributed by atoms with van der Waals surface area (Å²) in [6, 6.07) is 0.117. The van der Waals surface area contributed by atoms with Gasteiger partial charge in [0.05, 0.1) is 0 Å². The number of nitrogens with zero attached hydrogens (tertiary/aromatic N) is 1. The molecule has 1 saturated heterocycles. The molecule has 0 unspecified atom stereocenters. The van der Waals surface area contributed by atoms with Crippen LogP contribution in [0, 0.1) is 0 Å². The van der Waals surface area contributed by atoms with E-state index in [0.29, 0.717) is 0 Å². The highest BCUT2D eigenvalue weighted by molar-refractivity contribution is 5.74. The van der Waals surface area contributed by atoms with E-state index in [2.05, 4.69) is 17.6 Å². The predicted octanol–water partition coefficient (Wildman–Crippen LogP) is 0.934. The molecule has 0 aromatic rings. The molecule has 2 N–H and O–H groups in total. The zero-order chi connectivity index (χ0) is 10.7. The van der Waals surface area contributed by atoms with Crippen molar-refractivity contribution in [3.8, 4) is 0 Å². The van der Waals surface area contributed by atoms with Crippen LogP contribution in [-0.4, -0.2) is 42.6 Å². The molecule has 0 atom stereocenters. The lowest BCUT2D eigenvalue weighted by molar-refractivity contribution is 0.195. The summed E-state index contributed by atoms with van der Waals surface area (Å²) in [6.07, 6.45) is 4.53. The first-order valence-electron chi connectivity index (χ1n) is 6.04. The number of carbonyl (C=O) groups excluding carboxylic acids is 1. The van der Waals surface area contributed by atoms with Crippen LogP contribution in [0.1, 0.15) is 32.6 Å². The Morgan fingerprint density at radius 3 is 3.00 bits per heavy atom. The summed E-state index contributed by atoms with van der Waals surface area (Å²) in [4.78, 5) is 13.8. The first-order chi connectivity index (χ1) is 7.26. The highest BCUT2D eigenvalue weighted by atomic mass is 16.2. The van der Waals surface area contributed by atoms with Crippen LogP contribution in [0.25, 0.3) is 0 Å². The lowest BCUT2D eigenvalue weighted by Gasteiger charge is -2.24. The van der Waals surface area contributed by atoms with E-state index in [0.717, 1.165) is 39.0 Å².